The smallest absolute Gasteiger partial charge is 0.155 e. The molecule has 4 aliphatic carbocycles. The molecule has 0 aromatic carbocycles. The minimum atomic E-state index is 0.129. The van der Waals surface area contributed by atoms with E-state index >= 15 is 0 Å². The standard InChI is InChI=1S/C21H32O3/c1-20-9-7-15(23)13-14(20)3-4-16-17-5-6-19(24-12-11-22)21(17,2)10-8-18(16)20/h13,16-19,22H,3-12H2,1-2H3/t16-,17-,18-,19-,20-,21-/m0/s1. The van der Waals surface area contributed by atoms with Gasteiger partial charge in [0.05, 0.1) is 19.3 Å². The largest absolute Gasteiger partial charge is 0.394 e. The van der Waals surface area contributed by atoms with Gasteiger partial charge >= 0.3 is 0 Å². The molecule has 0 aromatic heterocycles. The van der Waals surface area contributed by atoms with Gasteiger partial charge in [0.2, 0.25) is 0 Å². The van der Waals surface area contributed by atoms with Crippen LogP contribution in [0.15, 0.2) is 11.6 Å². The van der Waals surface area contributed by atoms with Crippen LogP contribution >= 0.6 is 0 Å². The highest BCUT2D eigenvalue weighted by Gasteiger charge is 2.59. The summed E-state index contributed by atoms with van der Waals surface area (Å²) in [5, 5.41) is 9.12. The normalized spacial score (nSPS) is 47.6. The molecular weight excluding hydrogens is 300 g/mol. The minimum absolute atomic E-state index is 0.129. The first-order valence-electron chi connectivity index (χ1n) is 9.95. The molecule has 0 unspecified atom stereocenters. The average molecular weight is 332 g/mol. The molecule has 0 heterocycles. The van der Waals surface area contributed by atoms with Crippen LogP contribution in [-0.2, 0) is 9.53 Å². The maximum absolute atomic E-state index is 11.9. The lowest BCUT2D eigenvalue weighted by Gasteiger charge is -2.58. The van der Waals surface area contributed by atoms with Gasteiger partial charge in [0.15, 0.2) is 5.78 Å². The van der Waals surface area contributed by atoms with Crippen LogP contribution in [0.5, 0.6) is 0 Å². The zero-order chi connectivity index (χ0) is 16.9. The van der Waals surface area contributed by atoms with Crippen molar-refractivity contribution >= 4 is 5.78 Å². The van der Waals surface area contributed by atoms with Crippen LogP contribution in [0.3, 0.4) is 0 Å². The van der Waals surface area contributed by atoms with E-state index in [9.17, 15) is 4.79 Å². The van der Waals surface area contributed by atoms with E-state index in [1.54, 1.807) is 0 Å². The Morgan fingerprint density at radius 1 is 1.12 bits per heavy atom. The van der Waals surface area contributed by atoms with Crippen molar-refractivity contribution < 1.29 is 14.6 Å². The monoisotopic (exact) mass is 332 g/mol. The molecule has 0 saturated heterocycles. The van der Waals surface area contributed by atoms with Crippen LogP contribution in [0.2, 0.25) is 0 Å². The SMILES string of the molecule is C[C@]12CC[C@H]3[C@@H](CCC4=CC(=O)CC[C@@]43C)[C@@H]1CC[C@@H]2OCCO. The molecule has 1 N–H and O–H groups in total. The molecule has 3 heteroatoms. The molecule has 24 heavy (non-hydrogen) atoms. The fraction of sp³-hybridized carbons (Fsp3) is 0.857. The molecule has 4 aliphatic rings. The Morgan fingerprint density at radius 3 is 2.75 bits per heavy atom. The third kappa shape index (κ3) is 2.34. The van der Waals surface area contributed by atoms with Crippen molar-refractivity contribution in [1.82, 2.24) is 0 Å². The maximum Gasteiger partial charge on any atom is 0.155 e. The van der Waals surface area contributed by atoms with Crippen LogP contribution in [0, 0.1) is 28.6 Å². The highest BCUT2D eigenvalue weighted by Crippen LogP contribution is 2.65. The lowest BCUT2D eigenvalue weighted by Crippen LogP contribution is -2.51. The molecule has 6 atom stereocenters. The van der Waals surface area contributed by atoms with Crippen LogP contribution in [0.25, 0.3) is 0 Å². The van der Waals surface area contributed by atoms with Crippen LogP contribution in [0.4, 0.5) is 0 Å². The Bertz CT molecular complexity index is 553. The molecular formula is C21H32O3. The van der Waals surface area contributed by atoms with Crippen LogP contribution in [0.1, 0.15) is 65.2 Å². The Balaban J connectivity index is 1.59. The average Bonchev–Trinajstić information content (AvgIpc) is 2.90. The molecule has 0 amide bonds. The number of carbonyl (C=O) groups is 1. The molecule has 0 spiro atoms. The van der Waals surface area contributed by atoms with E-state index in [1.807, 2.05) is 6.08 Å². The van der Waals surface area contributed by atoms with E-state index in [0.717, 1.165) is 43.4 Å². The Morgan fingerprint density at radius 2 is 1.96 bits per heavy atom. The minimum Gasteiger partial charge on any atom is -0.394 e. The quantitative estimate of drug-likeness (QED) is 0.853. The van der Waals surface area contributed by atoms with Crippen molar-refractivity contribution in [3.05, 3.63) is 11.6 Å². The van der Waals surface area contributed by atoms with Gasteiger partial charge in [0, 0.05) is 6.42 Å². The molecule has 0 aliphatic heterocycles. The van der Waals surface area contributed by atoms with E-state index < -0.39 is 0 Å². The van der Waals surface area contributed by atoms with Crippen molar-refractivity contribution in [1.29, 1.82) is 0 Å². The number of rotatable bonds is 3. The number of ether oxygens (including phenoxy) is 1. The summed E-state index contributed by atoms with van der Waals surface area (Å²) < 4.78 is 6.04. The molecule has 134 valence electrons. The van der Waals surface area contributed by atoms with Gasteiger partial charge in [0.25, 0.3) is 0 Å². The van der Waals surface area contributed by atoms with Gasteiger partial charge in [-0.15, -0.1) is 0 Å². The molecule has 0 bridgehead atoms. The van der Waals surface area contributed by atoms with Gasteiger partial charge in [-0.05, 0) is 79.6 Å². The van der Waals surface area contributed by atoms with E-state index in [2.05, 4.69) is 13.8 Å². The predicted molar refractivity (Wildman–Crippen MR) is 93.5 cm³/mol. The number of allylic oxidation sites excluding steroid dienone is 1. The number of fused-ring (bicyclic) bond motifs is 5. The summed E-state index contributed by atoms with van der Waals surface area (Å²) in [6, 6.07) is 0. The van der Waals surface area contributed by atoms with Gasteiger partial charge in [-0.25, -0.2) is 0 Å². The fourth-order valence-electron chi connectivity index (χ4n) is 6.98. The number of hydrogen-bond donors (Lipinski definition) is 1. The zero-order valence-corrected chi connectivity index (χ0v) is 15.2. The summed E-state index contributed by atoms with van der Waals surface area (Å²) in [4.78, 5) is 11.9. The lowest BCUT2D eigenvalue weighted by molar-refractivity contribution is -0.119. The van der Waals surface area contributed by atoms with Crippen molar-refractivity contribution in [2.45, 2.75) is 71.3 Å². The number of aliphatic hydroxyl groups excluding tert-OH is 1. The van der Waals surface area contributed by atoms with Gasteiger partial charge < -0.3 is 9.84 Å². The Labute approximate surface area is 145 Å². The maximum atomic E-state index is 11.9. The summed E-state index contributed by atoms with van der Waals surface area (Å²) in [5.41, 5.74) is 2.01. The Kier molecular flexibility index (Phi) is 4.16. The van der Waals surface area contributed by atoms with Gasteiger partial charge in [-0.3, -0.25) is 4.79 Å². The molecule has 0 radical (unpaired) electrons. The number of hydrogen-bond acceptors (Lipinski definition) is 3. The third-order valence-electron chi connectivity index (χ3n) is 8.29. The van der Waals surface area contributed by atoms with Crippen LogP contribution < -0.4 is 0 Å². The molecule has 4 rings (SSSR count). The highest BCUT2D eigenvalue weighted by molar-refractivity contribution is 5.91. The summed E-state index contributed by atoms with van der Waals surface area (Å²) in [5.74, 6) is 2.65. The number of aliphatic hydroxyl groups is 1. The number of carbonyl (C=O) groups excluding carboxylic acids is 1. The number of ketones is 1. The second-order valence-corrected chi connectivity index (χ2v) is 9.17. The highest BCUT2D eigenvalue weighted by atomic mass is 16.5. The Hall–Kier alpha value is -0.670. The molecule has 3 fully saturated rings. The molecule has 0 aromatic rings. The summed E-state index contributed by atoms with van der Waals surface area (Å²) in [6.45, 7) is 5.50. The van der Waals surface area contributed by atoms with Gasteiger partial charge in [0.1, 0.15) is 0 Å². The molecule has 3 nitrogen and oxygen atoms in total. The van der Waals surface area contributed by atoms with E-state index in [4.69, 9.17) is 9.84 Å². The predicted octanol–water partition coefficient (Wildman–Crippen LogP) is 3.90. The van der Waals surface area contributed by atoms with E-state index in [-0.39, 0.29) is 12.0 Å². The van der Waals surface area contributed by atoms with Crippen molar-refractivity contribution in [2.75, 3.05) is 13.2 Å². The molecule has 3 saturated carbocycles. The van der Waals surface area contributed by atoms with E-state index in [0.29, 0.717) is 23.9 Å². The summed E-state index contributed by atoms with van der Waals surface area (Å²) in [7, 11) is 0. The first-order chi connectivity index (χ1) is 11.5. The van der Waals surface area contributed by atoms with Gasteiger partial charge in [-0.1, -0.05) is 19.4 Å². The summed E-state index contributed by atoms with van der Waals surface area (Å²) in [6.07, 6.45) is 11.5. The lowest BCUT2D eigenvalue weighted by atomic mass is 9.47. The van der Waals surface area contributed by atoms with Crippen molar-refractivity contribution in [3.8, 4) is 0 Å². The van der Waals surface area contributed by atoms with Crippen molar-refractivity contribution in [2.24, 2.45) is 28.6 Å². The van der Waals surface area contributed by atoms with Gasteiger partial charge in [-0.2, -0.15) is 0 Å². The third-order valence-corrected chi connectivity index (χ3v) is 8.29. The topological polar surface area (TPSA) is 46.5 Å². The van der Waals surface area contributed by atoms with Crippen LogP contribution in [-0.4, -0.2) is 30.2 Å². The summed E-state index contributed by atoms with van der Waals surface area (Å²) >= 11 is 0. The first-order valence-corrected chi connectivity index (χ1v) is 9.95. The zero-order valence-electron chi connectivity index (χ0n) is 15.2. The van der Waals surface area contributed by atoms with E-state index in [1.165, 1.54) is 31.3 Å². The van der Waals surface area contributed by atoms with Crippen molar-refractivity contribution in [3.63, 3.8) is 0 Å². The second-order valence-electron chi connectivity index (χ2n) is 9.17. The second kappa shape index (κ2) is 5.95. The first kappa shape index (κ1) is 16.8. The fourth-order valence-corrected chi connectivity index (χ4v) is 6.98.